The molecule has 18 heavy (non-hydrogen) atoms. The van der Waals surface area contributed by atoms with E-state index in [9.17, 15) is 14.4 Å². The molecule has 8 nitrogen and oxygen atoms in total. The van der Waals surface area contributed by atoms with Gasteiger partial charge in [0.2, 0.25) is 0 Å². The molecule has 1 aliphatic heterocycles. The summed E-state index contributed by atoms with van der Waals surface area (Å²) in [6.45, 7) is 0.167. The van der Waals surface area contributed by atoms with Crippen molar-refractivity contribution < 1.29 is 24.6 Å². The van der Waals surface area contributed by atoms with Gasteiger partial charge in [0, 0.05) is 10.4 Å². The first-order valence-corrected chi connectivity index (χ1v) is 5.64. The zero-order chi connectivity index (χ0) is 13.4. The van der Waals surface area contributed by atoms with Crippen molar-refractivity contribution in [2.45, 2.75) is 13.1 Å². The summed E-state index contributed by atoms with van der Waals surface area (Å²) in [6.07, 6.45) is -1.10. The number of aromatic carboxylic acids is 1. The number of urea groups is 1. The Labute approximate surface area is 105 Å². The van der Waals surface area contributed by atoms with Gasteiger partial charge in [0.05, 0.1) is 18.8 Å². The molecule has 0 radical (unpaired) electrons. The van der Waals surface area contributed by atoms with E-state index in [1.807, 2.05) is 0 Å². The molecule has 0 unspecified atom stereocenters. The van der Waals surface area contributed by atoms with Crippen LogP contribution in [0.2, 0.25) is 0 Å². The van der Waals surface area contributed by atoms with E-state index in [4.69, 9.17) is 15.9 Å². The summed E-state index contributed by atoms with van der Waals surface area (Å²) in [5.41, 5.74) is 5.57. The molecule has 2 heterocycles. The lowest BCUT2D eigenvalue weighted by Crippen LogP contribution is -2.24. The first kappa shape index (κ1) is 12.2. The van der Waals surface area contributed by atoms with E-state index in [0.717, 1.165) is 16.2 Å². The summed E-state index contributed by atoms with van der Waals surface area (Å²) in [5, 5.41) is 20.1. The Hall–Kier alpha value is -2.29. The van der Waals surface area contributed by atoms with Gasteiger partial charge in [-0.05, 0) is 0 Å². The number of carboxylic acids is 1. The largest absolute Gasteiger partial charge is 0.477 e. The van der Waals surface area contributed by atoms with E-state index in [-0.39, 0.29) is 23.7 Å². The highest BCUT2D eigenvalue weighted by molar-refractivity contribution is 7.14. The van der Waals surface area contributed by atoms with Crippen LogP contribution in [-0.4, -0.2) is 33.2 Å². The number of carboxylic acid groups (broad SMARTS) is 2. The van der Waals surface area contributed by atoms with Gasteiger partial charge in [0.15, 0.2) is 0 Å². The third kappa shape index (κ3) is 1.95. The lowest BCUT2D eigenvalue weighted by molar-refractivity contribution is 0.0703. The van der Waals surface area contributed by atoms with E-state index in [0.29, 0.717) is 10.4 Å². The van der Waals surface area contributed by atoms with Gasteiger partial charge in [-0.2, -0.15) is 0 Å². The van der Waals surface area contributed by atoms with Crippen molar-refractivity contribution in [2.75, 3.05) is 5.32 Å². The average molecular weight is 271 g/mol. The molecule has 0 aliphatic carbocycles. The fraction of sp³-hybridized carbons (Fsp3) is 0.222. The number of primary amides is 1. The lowest BCUT2D eigenvalue weighted by atomic mass is 10.2. The Morgan fingerprint density at radius 1 is 1.28 bits per heavy atom. The number of nitrogens with zero attached hydrogens (tertiary/aromatic N) is 1. The average Bonchev–Trinajstić information content (AvgIpc) is 2.76. The Kier molecular flexibility index (Phi) is 2.83. The molecule has 0 atom stereocenters. The van der Waals surface area contributed by atoms with E-state index in [1.165, 1.54) is 0 Å². The second-order valence-electron chi connectivity index (χ2n) is 3.64. The van der Waals surface area contributed by atoms with Crippen molar-refractivity contribution >= 4 is 35.1 Å². The third-order valence-electron chi connectivity index (χ3n) is 2.49. The van der Waals surface area contributed by atoms with E-state index >= 15 is 0 Å². The highest BCUT2D eigenvalue weighted by atomic mass is 32.1. The number of hydrogen-bond donors (Lipinski definition) is 4. The zero-order valence-electron chi connectivity index (χ0n) is 8.97. The minimum atomic E-state index is -1.18. The monoisotopic (exact) mass is 271 g/mol. The minimum absolute atomic E-state index is 0.0381. The number of thiophene rings is 1. The summed E-state index contributed by atoms with van der Waals surface area (Å²) in [5.74, 6) is -1.18. The van der Waals surface area contributed by atoms with E-state index < -0.39 is 18.1 Å². The topological polar surface area (TPSA) is 133 Å². The van der Waals surface area contributed by atoms with Crippen LogP contribution in [0.4, 0.5) is 15.3 Å². The summed E-state index contributed by atoms with van der Waals surface area (Å²) < 4.78 is 0. The number of amides is 3. The normalized spacial score (nSPS) is 13.2. The van der Waals surface area contributed by atoms with Gasteiger partial charge in [-0.25, -0.2) is 14.4 Å². The fourth-order valence-corrected chi connectivity index (χ4v) is 2.89. The van der Waals surface area contributed by atoms with Gasteiger partial charge in [-0.3, -0.25) is 4.90 Å². The molecule has 1 aromatic heterocycles. The van der Waals surface area contributed by atoms with Crippen LogP contribution in [0.5, 0.6) is 0 Å². The number of fused-ring (bicyclic) bond motifs is 1. The fourth-order valence-electron chi connectivity index (χ4n) is 1.77. The van der Waals surface area contributed by atoms with Gasteiger partial charge in [-0.1, -0.05) is 0 Å². The van der Waals surface area contributed by atoms with Crippen LogP contribution in [0.3, 0.4) is 0 Å². The molecule has 1 aliphatic rings. The van der Waals surface area contributed by atoms with Crippen LogP contribution < -0.4 is 11.1 Å². The molecule has 0 saturated heterocycles. The van der Waals surface area contributed by atoms with Gasteiger partial charge in [-0.15, -0.1) is 11.3 Å². The summed E-state index contributed by atoms with van der Waals surface area (Å²) >= 11 is 0.945. The maximum absolute atomic E-state index is 11.0. The molecule has 3 amide bonds. The number of carbonyl (C=O) groups excluding carboxylic acids is 1. The predicted octanol–water partition coefficient (Wildman–Crippen LogP) is 0.931. The molecule has 0 spiro atoms. The third-order valence-corrected chi connectivity index (χ3v) is 3.69. The maximum atomic E-state index is 11.0. The van der Waals surface area contributed by atoms with Crippen LogP contribution in [0.1, 0.15) is 20.1 Å². The highest BCUT2D eigenvalue weighted by Gasteiger charge is 2.32. The Morgan fingerprint density at radius 2 is 1.94 bits per heavy atom. The SMILES string of the molecule is NC(=O)Nc1c(C(=O)O)sc2c1CN(C(=O)O)C2. The first-order valence-electron chi connectivity index (χ1n) is 4.82. The van der Waals surface area contributed by atoms with Gasteiger partial charge < -0.3 is 21.3 Å². The van der Waals surface area contributed by atoms with Crippen LogP contribution in [0.25, 0.3) is 0 Å². The number of hydrogen-bond acceptors (Lipinski definition) is 4. The molecule has 1 aromatic rings. The number of carbonyl (C=O) groups is 3. The van der Waals surface area contributed by atoms with Crippen LogP contribution >= 0.6 is 11.3 Å². The molecule has 9 heteroatoms. The van der Waals surface area contributed by atoms with Crippen molar-refractivity contribution in [3.63, 3.8) is 0 Å². The van der Waals surface area contributed by atoms with Crippen LogP contribution in [-0.2, 0) is 13.1 Å². The van der Waals surface area contributed by atoms with Crippen molar-refractivity contribution in [1.29, 1.82) is 0 Å². The zero-order valence-corrected chi connectivity index (χ0v) is 9.78. The molecular weight excluding hydrogens is 262 g/mol. The maximum Gasteiger partial charge on any atom is 0.407 e. The molecule has 0 saturated carbocycles. The molecular formula is C9H9N3O5S. The molecule has 0 bridgehead atoms. The molecule has 0 aromatic carbocycles. The lowest BCUT2D eigenvalue weighted by Gasteiger charge is -2.11. The molecule has 2 rings (SSSR count). The molecule has 96 valence electrons. The standard InChI is InChI=1S/C9H9N3O5S/c10-8(15)11-5-3-1-12(9(16)17)2-4(3)18-6(5)7(13)14/h1-2H2,(H,13,14)(H,16,17)(H3,10,11,15). The Balaban J connectivity index is 2.41. The number of rotatable bonds is 2. The highest BCUT2D eigenvalue weighted by Crippen LogP contribution is 2.39. The number of anilines is 1. The summed E-state index contributed by atoms with van der Waals surface area (Å²) in [7, 11) is 0. The smallest absolute Gasteiger partial charge is 0.407 e. The summed E-state index contributed by atoms with van der Waals surface area (Å²) in [4.78, 5) is 34.4. The second-order valence-corrected chi connectivity index (χ2v) is 4.75. The quantitative estimate of drug-likeness (QED) is 0.635. The van der Waals surface area contributed by atoms with Crippen molar-refractivity contribution in [3.8, 4) is 0 Å². The summed E-state index contributed by atoms with van der Waals surface area (Å²) in [6, 6.07) is -0.883. The van der Waals surface area contributed by atoms with Crippen molar-refractivity contribution in [3.05, 3.63) is 15.3 Å². The van der Waals surface area contributed by atoms with Gasteiger partial charge in [0.25, 0.3) is 0 Å². The minimum Gasteiger partial charge on any atom is -0.477 e. The van der Waals surface area contributed by atoms with Crippen LogP contribution in [0, 0.1) is 0 Å². The Morgan fingerprint density at radius 3 is 2.44 bits per heavy atom. The van der Waals surface area contributed by atoms with E-state index in [2.05, 4.69) is 5.32 Å². The molecule has 0 fully saturated rings. The molecule has 5 N–H and O–H groups in total. The first-order chi connectivity index (χ1) is 8.40. The van der Waals surface area contributed by atoms with Crippen molar-refractivity contribution in [2.24, 2.45) is 5.73 Å². The Bertz CT molecular complexity index is 553. The second kappa shape index (κ2) is 4.18. The van der Waals surface area contributed by atoms with Gasteiger partial charge >= 0.3 is 18.1 Å². The van der Waals surface area contributed by atoms with Crippen LogP contribution in [0.15, 0.2) is 0 Å². The number of nitrogens with one attached hydrogen (secondary N) is 1. The van der Waals surface area contributed by atoms with Crippen molar-refractivity contribution in [1.82, 2.24) is 4.90 Å². The van der Waals surface area contributed by atoms with Gasteiger partial charge in [0.1, 0.15) is 4.88 Å². The van der Waals surface area contributed by atoms with E-state index in [1.54, 1.807) is 0 Å². The number of nitrogens with two attached hydrogens (primary N) is 1. The predicted molar refractivity (Wildman–Crippen MR) is 61.8 cm³/mol.